The molecule has 0 amide bonds. The van der Waals surface area contributed by atoms with Gasteiger partial charge in [-0.25, -0.2) is 0 Å². The molecule has 0 bridgehead atoms. The minimum atomic E-state index is 0. The third kappa shape index (κ3) is 3.99. The Labute approximate surface area is 207 Å². The van der Waals surface area contributed by atoms with Crippen LogP contribution in [0.2, 0.25) is 0 Å². The summed E-state index contributed by atoms with van der Waals surface area (Å²) >= 11 is 0. The van der Waals surface area contributed by atoms with Crippen LogP contribution in [-0.4, -0.2) is 28.2 Å². The molecule has 0 saturated carbocycles. The van der Waals surface area contributed by atoms with E-state index in [1.54, 1.807) is 7.11 Å². The third-order valence-corrected chi connectivity index (χ3v) is 7.46. The fraction of sp³-hybridized carbons (Fsp3) is 0.333. The van der Waals surface area contributed by atoms with Gasteiger partial charge in [-0.1, -0.05) is 55.5 Å². The molecular formula is C30H34N2O3. The van der Waals surface area contributed by atoms with Crippen molar-refractivity contribution in [2.24, 2.45) is 0 Å². The van der Waals surface area contributed by atoms with Crippen LogP contribution in [0.1, 0.15) is 47.0 Å². The van der Waals surface area contributed by atoms with E-state index in [9.17, 15) is 5.11 Å². The molecule has 3 heterocycles. The molecule has 6 rings (SSSR count). The Morgan fingerprint density at radius 1 is 1.03 bits per heavy atom. The van der Waals surface area contributed by atoms with E-state index in [4.69, 9.17) is 9.47 Å². The molecule has 5 nitrogen and oxygen atoms in total. The number of aliphatic hydroxyl groups is 1. The number of fused-ring (bicyclic) bond motifs is 6. The second-order valence-electron chi connectivity index (χ2n) is 9.43. The van der Waals surface area contributed by atoms with Gasteiger partial charge in [-0.3, -0.25) is 4.90 Å². The first kappa shape index (κ1) is 23.5. The lowest BCUT2D eigenvalue weighted by molar-refractivity contribution is 0.145. The number of hydrogen-bond donors (Lipinski definition) is 1. The highest BCUT2D eigenvalue weighted by Crippen LogP contribution is 2.44. The Kier molecular flexibility index (Phi) is 6.30. The predicted octanol–water partition coefficient (Wildman–Crippen LogP) is 5.78. The number of ether oxygens (including phenoxy) is 2. The van der Waals surface area contributed by atoms with Crippen LogP contribution >= 0.6 is 0 Å². The first-order chi connectivity index (χ1) is 16.7. The summed E-state index contributed by atoms with van der Waals surface area (Å²) in [6.07, 6.45) is 1.91. The van der Waals surface area contributed by atoms with Crippen LogP contribution in [0.4, 0.5) is 0 Å². The molecule has 35 heavy (non-hydrogen) atoms. The lowest BCUT2D eigenvalue weighted by atomic mass is 9.85. The van der Waals surface area contributed by atoms with Crippen molar-refractivity contribution in [3.63, 3.8) is 0 Å². The van der Waals surface area contributed by atoms with E-state index in [2.05, 4.69) is 71.0 Å². The lowest BCUT2D eigenvalue weighted by Gasteiger charge is -2.41. The molecule has 0 fully saturated rings. The molecule has 1 atom stereocenters. The van der Waals surface area contributed by atoms with Gasteiger partial charge in [0.2, 0.25) is 0 Å². The average Bonchev–Trinajstić information content (AvgIpc) is 3.18. The van der Waals surface area contributed by atoms with Crippen molar-refractivity contribution in [3.05, 3.63) is 94.2 Å². The molecule has 0 radical (unpaired) electrons. The molecule has 0 saturated heterocycles. The SMILES string of the molecule is C.COc1cc2c(cc1OCc1cccc(C)c1)CCN1Cc3c(c4ccccc4n3CO)CC21. The molecule has 4 aromatic rings. The van der Waals surface area contributed by atoms with Crippen molar-refractivity contribution in [2.45, 2.75) is 53.1 Å². The molecule has 1 N–H and O–H groups in total. The molecule has 2 aliphatic heterocycles. The Morgan fingerprint density at radius 3 is 2.69 bits per heavy atom. The van der Waals surface area contributed by atoms with Crippen molar-refractivity contribution >= 4 is 10.9 Å². The van der Waals surface area contributed by atoms with E-state index in [1.807, 2.05) is 6.07 Å². The van der Waals surface area contributed by atoms with Gasteiger partial charge in [-0.05, 0) is 60.2 Å². The number of aryl methyl sites for hydroxylation is 1. The van der Waals surface area contributed by atoms with Crippen molar-refractivity contribution in [3.8, 4) is 11.5 Å². The van der Waals surface area contributed by atoms with Gasteiger partial charge in [-0.15, -0.1) is 0 Å². The zero-order valence-electron chi connectivity index (χ0n) is 19.8. The van der Waals surface area contributed by atoms with Gasteiger partial charge >= 0.3 is 0 Å². The zero-order valence-corrected chi connectivity index (χ0v) is 19.8. The summed E-state index contributed by atoms with van der Waals surface area (Å²) < 4.78 is 14.1. The van der Waals surface area contributed by atoms with Gasteiger partial charge in [0.05, 0.1) is 12.6 Å². The van der Waals surface area contributed by atoms with Crippen LogP contribution in [0.5, 0.6) is 11.5 Å². The Hall–Kier alpha value is -3.28. The molecule has 3 aromatic carbocycles. The first-order valence-electron chi connectivity index (χ1n) is 12.0. The van der Waals surface area contributed by atoms with Crippen LogP contribution in [0.15, 0.2) is 60.7 Å². The zero-order chi connectivity index (χ0) is 23.2. The molecular weight excluding hydrogens is 436 g/mol. The molecule has 0 spiro atoms. The monoisotopic (exact) mass is 470 g/mol. The molecule has 0 aliphatic carbocycles. The van der Waals surface area contributed by atoms with E-state index in [1.165, 1.54) is 33.3 Å². The second-order valence-corrected chi connectivity index (χ2v) is 9.43. The summed E-state index contributed by atoms with van der Waals surface area (Å²) in [5, 5.41) is 11.3. The van der Waals surface area contributed by atoms with Crippen molar-refractivity contribution < 1.29 is 14.6 Å². The van der Waals surface area contributed by atoms with Gasteiger partial charge in [-0.2, -0.15) is 0 Å². The van der Waals surface area contributed by atoms with Crippen molar-refractivity contribution in [2.75, 3.05) is 13.7 Å². The van der Waals surface area contributed by atoms with Gasteiger partial charge in [0, 0.05) is 30.2 Å². The smallest absolute Gasteiger partial charge is 0.161 e. The number of rotatable bonds is 5. The summed E-state index contributed by atoms with van der Waals surface area (Å²) in [7, 11) is 1.72. The standard InChI is InChI=1S/C29H30N2O3.CH4/c1-19-6-5-7-20(12-19)17-34-29-13-21-10-11-30-16-27-24(14-26(30)23(21)15-28(29)33-2)22-8-3-4-9-25(22)31(27)18-32;/h3-9,12-13,15,26,32H,10-11,14,16-18H2,1-2H3;1H4. The number of aliphatic hydroxyl groups excluding tert-OH is 1. The maximum Gasteiger partial charge on any atom is 0.161 e. The lowest BCUT2D eigenvalue weighted by Crippen LogP contribution is -2.39. The summed E-state index contributed by atoms with van der Waals surface area (Å²) in [6, 6.07) is 21.5. The quantitative estimate of drug-likeness (QED) is 0.402. The largest absolute Gasteiger partial charge is 0.493 e. The molecule has 5 heteroatoms. The fourth-order valence-corrected chi connectivity index (χ4v) is 5.81. The topological polar surface area (TPSA) is 46.9 Å². The number of benzene rings is 3. The molecule has 1 aromatic heterocycles. The van der Waals surface area contributed by atoms with Gasteiger partial charge in [0.25, 0.3) is 0 Å². The van der Waals surface area contributed by atoms with Crippen LogP contribution < -0.4 is 9.47 Å². The third-order valence-electron chi connectivity index (χ3n) is 7.46. The van der Waals surface area contributed by atoms with Crippen molar-refractivity contribution in [1.29, 1.82) is 0 Å². The second kappa shape index (κ2) is 9.40. The predicted molar refractivity (Wildman–Crippen MR) is 140 cm³/mol. The van der Waals surface area contributed by atoms with E-state index < -0.39 is 0 Å². The highest BCUT2D eigenvalue weighted by atomic mass is 16.5. The Morgan fingerprint density at radius 2 is 1.89 bits per heavy atom. The number of aromatic nitrogens is 1. The van der Waals surface area contributed by atoms with Gasteiger partial charge in [0.1, 0.15) is 13.3 Å². The van der Waals surface area contributed by atoms with Gasteiger partial charge < -0.3 is 19.1 Å². The molecule has 182 valence electrons. The van der Waals surface area contributed by atoms with Gasteiger partial charge in [0.15, 0.2) is 11.5 Å². The van der Waals surface area contributed by atoms with Crippen LogP contribution in [-0.2, 0) is 32.7 Å². The average molecular weight is 471 g/mol. The maximum absolute atomic E-state index is 10.1. The summed E-state index contributed by atoms with van der Waals surface area (Å²) in [4.78, 5) is 2.54. The minimum absolute atomic E-state index is 0. The highest BCUT2D eigenvalue weighted by Gasteiger charge is 2.35. The van der Waals surface area contributed by atoms with Crippen molar-refractivity contribution in [1.82, 2.24) is 9.47 Å². The number of para-hydroxylation sites is 1. The van der Waals surface area contributed by atoms with E-state index in [-0.39, 0.29) is 14.2 Å². The number of methoxy groups -OCH3 is 1. The summed E-state index contributed by atoms with van der Waals surface area (Å²) in [5.41, 5.74) is 8.79. The van der Waals surface area contributed by atoms with E-state index in [0.29, 0.717) is 12.6 Å². The number of nitrogens with zero attached hydrogens (tertiary/aromatic N) is 2. The maximum atomic E-state index is 10.1. The Bertz CT molecular complexity index is 1370. The normalized spacial score (nSPS) is 16.7. The van der Waals surface area contributed by atoms with Crippen LogP contribution in [0.25, 0.3) is 10.9 Å². The fourth-order valence-electron chi connectivity index (χ4n) is 5.81. The summed E-state index contributed by atoms with van der Waals surface area (Å²) in [6.45, 7) is 4.48. The molecule has 2 aliphatic rings. The van der Waals surface area contributed by atoms with Crippen LogP contribution in [0.3, 0.4) is 0 Å². The van der Waals surface area contributed by atoms with E-state index >= 15 is 0 Å². The number of hydrogen-bond acceptors (Lipinski definition) is 4. The molecule has 1 unspecified atom stereocenters. The van der Waals surface area contributed by atoms with E-state index in [0.717, 1.165) is 48.5 Å². The van der Waals surface area contributed by atoms with Crippen LogP contribution in [0, 0.1) is 6.92 Å². The Balaban J connectivity index is 0.00000253. The minimum Gasteiger partial charge on any atom is -0.493 e. The highest BCUT2D eigenvalue weighted by molar-refractivity contribution is 5.86. The summed E-state index contributed by atoms with van der Waals surface area (Å²) in [5.74, 6) is 1.60. The first-order valence-corrected chi connectivity index (χ1v) is 12.0.